The summed E-state index contributed by atoms with van der Waals surface area (Å²) in [7, 11) is 2.03. The highest BCUT2D eigenvalue weighted by molar-refractivity contribution is 5.79. The maximum atomic E-state index is 12.7. The Balaban J connectivity index is 1.96. The van der Waals surface area contributed by atoms with Crippen LogP contribution in [0.2, 0.25) is 0 Å². The number of carbonyl (C=O) groups is 1. The van der Waals surface area contributed by atoms with Crippen molar-refractivity contribution in [3.8, 4) is 0 Å². The minimum absolute atomic E-state index is 0.201. The number of hydrogen-bond acceptors (Lipinski definition) is 2. The first-order valence-electron chi connectivity index (χ1n) is 8.20. The van der Waals surface area contributed by atoms with Gasteiger partial charge in [0.05, 0.1) is 0 Å². The summed E-state index contributed by atoms with van der Waals surface area (Å²) in [6.07, 6.45) is 12.3. The van der Waals surface area contributed by atoms with Gasteiger partial charge in [-0.2, -0.15) is 0 Å². The first-order valence-corrected chi connectivity index (χ1v) is 8.20. The number of rotatable bonds is 3. The van der Waals surface area contributed by atoms with Gasteiger partial charge in [-0.25, -0.2) is 0 Å². The second kappa shape index (κ2) is 7.28. The smallest absolute Gasteiger partial charge is 0.225 e. The molecule has 0 spiro atoms. The zero-order chi connectivity index (χ0) is 13.7. The zero-order valence-corrected chi connectivity index (χ0v) is 12.4. The van der Waals surface area contributed by atoms with Crippen LogP contribution in [0.5, 0.6) is 0 Å². The molecule has 0 radical (unpaired) electrons. The van der Waals surface area contributed by atoms with Crippen molar-refractivity contribution < 1.29 is 4.79 Å². The molecule has 0 bridgehead atoms. The number of nitrogens with zero attached hydrogens (tertiary/aromatic N) is 1. The summed E-state index contributed by atoms with van der Waals surface area (Å²) in [5.74, 6) is 1.00. The van der Waals surface area contributed by atoms with Gasteiger partial charge >= 0.3 is 0 Å². The van der Waals surface area contributed by atoms with Gasteiger partial charge in [-0.05, 0) is 38.1 Å². The molecule has 0 aromatic rings. The highest BCUT2D eigenvalue weighted by atomic mass is 16.2. The molecule has 3 nitrogen and oxygen atoms in total. The van der Waals surface area contributed by atoms with Crippen LogP contribution in [-0.2, 0) is 4.79 Å². The van der Waals surface area contributed by atoms with E-state index in [0.29, 0.717) is 24.4 Å². The minimum atomic E-state index is 0.201. The van der Waals surface area contributed by atoms with Crippen LogP contribution in [0, 0.1) is 11.8 Å². The van der Waals surface area contributed by atoms with Crippen LogP contribution in [-0.4, -0.2) is 30.4 Å². The van der Waals surface area contributed by atoms with Crippen molar-refractivity contribution in [1.82, 2.24) is 4.90 Å². The fourth-order valence-electron chi connectivity index (χ4n) is 3.90. The molecule has 2 atom stereocenters. The van der Waals surface area contributed by atoms with E-state index in [1.165, 1.54) is 51.4 Å². The third-order valence-corrected chi connectivity index (χ3v) is 5.25. The number of amides is 1. The summed E-state index contributed by atoms with van der Waals surface area (Å²) < 4.78 is 0. The second-order valence-electron chi connectivity index (χ2n) is 6.48. The lowest BCUT2D eigenvalue weighted by Gasteiger charge is -2.36. The molecule has 0 aromatic carbocycles. The van der Waals surface area contributed by atoms with Crippen LogP contribution >= 0.6 is 0 Å². The molecule has 2 aliphatic rings. The Morgan fingerprint density at radius 2 is 1.58 bits per heavy atom. The van der Waals surface area contributed by atoms with Gasteiger partial charge < -0.3 is 10.6 Å². The largest absolute Gasteiger partial charge is 0.343 e. The molecule has 0 saturated heterocycles. The molecule has 0 aliphatic heterocycles. The predicted octanol–water partition coefficient (Wildman–Crippen LogP) is 2.93. The van der Waals surface area contributed by atoms with Crippen molar-refractivity contribution >= 4 is 5.91 Å². The molecule has 2 unspecified atom stereocenters. The van der Waals surface area contributed by atoms with Crippen LogP contribution in [0.25, 0.3) is 0 Å². The van der Waals surface area contributed by atoms with Gasteiger partial charge in [-0.15, -0.1) is 0 Å². The lowest BCUT2D eigenvalue weighted by Crippen LogP contribution is -2.44. The Labute approximate surface area is 117 Å². The van der Waals surface area contributed by atoms with Crippen molar-refractivity contribution in [3.05, 3.63) is 0 Å². The molecule has 2 rings (SSSR count). The molecule has 1 amide bonds. The maximum Gasteiger partial charge on any atom is 0.225 e. The summed E-state index contributed by atoms with van der Waals surface area (Å²) in [6, 6.07) is 0.482. The first-order chi connectivity index (χ1) is 9.24. The van der Waals surface area contributed by atoms with Crippen molar-refractivity contribution in [1.29, 1.82) is 0 Å². The fraction of sp³-hybridized carbons (Fsp3) is 0.938. The molecule has 110 valence electrons. The van der Waals surface area contributed by atoms with Crippen LogP contribution in [0.3, 0.4) is 0 Å². The van der Waals surface area contributed by atoms with Crippen LogP contribution in [0.4, 0.5) is 0 Å². The SMILES string of the molecule is CN(C(=O)C1CCCCC1CN)C1CCCCCC1. The van der Waals surface area contributed by atoms with Crippen molar-refractivity contribution in [3.63, 3.8) is 0 Å². The van der Waals surface area contributed by atoms with Gasteiger partial charge in [0.1, 0.15) is 0 Å². The van der Waals surface area contributed by atoms with Gasteiger partial charge in [0, 0.05) is 19.0 Å². The second-order valence-corrected chi connectivity index (χ2v) is 6.48. The Kier molecular flexibility index (Phi) is 5.68. The van der Waals surface area contributed by atoms with Crippen LogP contribution < -0.4 is 5.73 Å². The van der Waals surface area contributed by atoms with E-state index < -0.39 is 0 Å². The van der Waals surface area contributed by atoms with E-state index in [0.717, 1.165) is 12.8 Å². The fourth-order valence-corrected chi connectivity index (χ4v) is 3.90. The Bertz CT molecular complexity index is 284. The molecule has 2 aliphatic carbocycles. The topological polar surface area (TPSA) is 46.3 Å². The lowest BCUT2D eigenvalue weighted by molar-refractivity contribution is -0.139. The third kappa shape index (κ3) is 3.71. The molecule has 2 saturated carbocycles. The average molecular weight is 266 g/mol. The van der Waals surface area contributed by atoms with Gasteiger partial charge in [-0.3, -0.25) is 4.79 Å². The number of hydrogen-bond donors (Lipinski definition) is 1. The van der Waals surface area contributed by atoms with E-state index in [1.807, 2.05) is 7.05 Å². The Morgan fingerprint density at radius 3 is 2.21 bits per heavy atom. The van der Waals surface area contributed by atoms with Crippen LogP contribution in [0.1, 0.15) is 64.2 Å². The average Bonchev–Trinajstić information content (AvgIpc) is 2.74. The highest BCUT2D eigenvalue weighted by Gasteiger charge is 2.33. The summed E-state index contributed by atoms with van der Waals surface area (Å²) in [4.78, 5) is 14.8. The van der Waals surface area contributed by atoms with Crippen molar-refractivity contribution in [2.24, 2.45) is 17.6 Å². The quantitative estimate of drug-likeness (QED) is 0.798. The van der Waals surface area contributed by atoms with Crippen LogP contribution in [0.15, 0.2) is 0 Å². The summed E-state index contributed by atoms with van der Waals surface area (Å²) in [6.45, 7) is 0.676. The summed E-state index contributed by atoms with van der Waals surface area (Å²) in [5.41, 5.74) is 5.86. The van der Waals surface area contributed by atoms with E-state index in [2.05, 4.69) is 4.90 Å². The molecule has 2 fully saturated rings. The van der Waals surface area contributed by atoms with Gasteiger partial charge in [-0.1, -0.05) is 38.5 Å². The number of nitrogens with two attached hydrogens (primary N) is 1. The van der Waals surface area contributed by atoms with E-state index in [4.69, 9.17) is 5.73 Å². The van der Waals surface area contributed by atoms with Crippen molar-refractivity contribution in [2.45, 2.75) is 70.3 Å². The highest BCUT2D eigenvalue weighted by Crippen LogP contribution is 2.32. The number of carbonyl (C=O) groups excluding carboxylic acids is 1. The lowest BCUT2D eigenvalue weighted by atomic mass is 9.78. The summed E-state index contributed by atoms with van der Waals surface area (Å²) in [5, 5.41) is 0. The minimum Gasteiger partial charge on any atom is -0.343 e. The Morgan fingerprint density at radius 1 is 1.00 bits per heavy atom. The predicted molar refractivity (Wildman–Crippen MR) is 78.8 cm³/mol. The molecule has 2 N–H and O–H groups in total. The Hall–Kier alpha value is -0.570. The van der Waals surface area contributed by atoms with Gasteiger partial charge in [0.25, 0.3) is 0 Å². The normalized spacial score (nSPS) is 29.8. The summed E-state index contributed by atoms with van der Waals surface area (Å²) >= 11 is 0. The van der Waals surface area contributed by atoms with E-state index in [-0.39, 0.29) is 5.92 Å². The monoisotopic (exact) mass is 266 g/mol. The maximum absolute atomic E-state index is 12.7. The van der Waals surface area contributed by atoms with Gasteiger partial charge in [0.15, 0.2) is 0 Å². The molecular weight excluding hydrogens is 236 g/mol. The first kappa shape index (κ1) is 14.8. The standard InChI is InChI=1S/C16H30N2O/c1-18(14-9-4-2-3-5-10-14)16(19)15-11-7-6-8-13(15)12-17/h13-15H,2-12,17H2,1H3. The molecular formula is C16H30N2O. The molecule has 0 heterocycles. The third-order valence-electron chi connectivity index (χ3n) is 5.25. The van der Waals surface area contributed by atoms with E-state index in [1.54, 1.807) is 0 Å². The van der Waals surface area contributed by atoms with Crippen molar-refractivity contribution in [2.75, 3.05) is 13.6 Å². The van der Waals surface area contributed by atoms with E-state index >= 15 is 0 Å². The molecule has 3 heteroatoms. The molecule has 0 aromatic heterocycles. The van der Waals surface area contributed by atoms with Gasteiger partial charge in [0.2, 0.25) is 5.91 Å². The molecule has 19 heavy (non-hydrogen) atoms. The van der Waals surface area contributed by atoms with E-state index in [9.17, 15) is 4.79 Å². The zero-order valence-electron chi connectivity index (χ0n) is 12.4.